The largest absolute Gasteiger partial charge is 0.346 e. The molecule has 0 aliphatic rings. The van der Waals surface area contributed by atoms with E-state index in [2.05, 4.69) is 10.6 Å². The third kappa shape index (κ3) is 7.01. The first-order valence-electron chi connectivity index (χ1n) is 7.57. The van der Waals surface area contributed by atoms with E-state index in [4.69, 9.17) is 5.73 Å². The van der Waals surface area contributed by atoms with Crippen molar-refractivity contribution in [3.63, 3.8) is 0 Å². The fraction of sp³-hybridized carbons (Fsp3) is 0.529. The number of amides is 2. The highest BCUT2D eigenvalue weighted by Crippen LogP contribution is 2.18. The first-order chi connectivity index (χ1) is 10.1. The second-order valence-corrected chi connectivity index (χ2v) is 6.72. The predicted molar refractivity (Wildman–Crippen MR) is 97.1 cm³/mol. The predicted octanol–water partition coefficient (Wildman–Crippen LogP) is 2.87. The molecule has 0 aliphatic carbocycles. The van der Waals surface area contributed by atoms with Crippen LogP contribution in [0.2, 0.25) is 0 Å². The van der Waals surface area contributed by atoms with E-state index < -0.39 is 5.54 Å². The van der Waals surface area contributed by atoms with Crippen LogP contribution in [0.3, 0.4) is 0 Å². The number of nitrogens with two attached hydrogens (primary N) is 1. The van der Waals surface area contributed by atoms with Crippen molar-refractivity contribution in [1.82, 2.24) is 5.32 Å². The van der Waals surface area contributed by atoms with Crippen LogP contribution in [0.5, 0.6) is 0 Å². The highest BCUT2D eigenvalue weighted by molar-refractivity contribution is 5.97. The Labute approximate surface area is 144 Å². The van der Waals surface area contributed by atoms with Crippen molar-refractivity contribution in [3.05, 3.63) is 29.3 Å². The van der Waals surface area contributed by atoms with E-state index in [0.29, 0.717) is 24.4 Å². The minimum atomic E-state index is -0.449. The zero-order valence-corrected chi connectivity index (χ0v) is 15.3. The van der Waals surface area contributed by atoms with Gasteiger partial charge in [0.25, 0.3) is 5.91 Å². The molecular formula is C17H28ClN3O2. The number of hydrogen-bond donors (Lipinski definition) is 3. The average molecular weight is 342 g/mol. The van der Waals surface area contributed by atoms with E-state index in [-0.39, 0.29) is 24.2 Å². The van der Waals surface area contributed by atoms with Gasteiger partial charge in [-0.3, -0.25) is 9.59 Å². The van der Waals surface area contributed by atoms with E-state index in [1.165, 1.54) is 0 Å². The fourth-order valence-electron chi connectivity index (χ4n) is 1.95. The summed E-state index contributed by atoms with van der Waals surface area (Å²) in [6.45, 7) is 9.98. The first kappa shape index (κ1) is 21.4. The molecule has 0 fully saturated rings. The monoisotopic (exact) mass is 341 g/mol. The normalized spacial score (nSPS) is 10.9. The molecule has 0 radical (unpaired) electrons. The number of nitrogens with one attached hydrogen (secondary N) is 2. The SMILES string of the molecule is Cc1cc(C(=O)NC(C)(C)CN)ccc1NC(=O)CC(C)C.Cl. The molecule has 0 atom stereocenters. The van der Waals surface area contributed by atoms with Gasteiger partial charge < -0.3 is 16.4 Å². The molecule has 5 nitrogen and oxygen atoms in total. The summed E-state index contributed by atoms with van der Waals surface area (Å²) >= 11 is 0. The third-order valence-electron chi connectivity index (χ3n) is 3.32. The summed E-state index contributed by atoms with van der Waals surface area (Å²) in [6.07, 6.45) is 0.479. The Morgan fingerprint density at radius 2 is 1.87 bits per heavy atom. The lowest BCUT2D eigenvalue weighted by atomic mass is 10.0. The van der Waals surface area contributed by atoms with Gasteiger partial charge in [-0.15, -0.1) is 12.4 Å². The third-order valence-corrected chi connectivity index (χ3v) is 3.32. The van der Waals surface area contributed by atoms with E-state index in [0.717, 1.165) is 11.3 Å². The Kier molecular flexibility index (Phi) is 8.28. The molecule has 0 saturated heterocycles. The van der Waals surface area contributed by atoms with E-state index in [9.17, 15) is 9.59 Å². The zero-order chi connectivity index (χ0) is 16.9. The Morgan fingerprint density at radius 3 is 2.35 bits per heavy atom. The van der Waals surface area contributed by atoms with Gasteiger partial charge in [0.05, 0.1) is 0 Å². The summed E-state index contributed by atoms with van der Waals surface area (Å²) in [6, 6.07) is 5.24. The van der Waals surface area contributed by atoms with Crippen molar-refractivity contribution < 1.29 is 9.59 Å². The standard InChI is InChI=1S/C17H27N3O2.ClH/c1-11(2)8-15(21)19-14-7-6-13(9-12(14)3)16(22)20-17(4,5)10-18;/h6-7,9,11H,8,10,18H2,1-5H3,(H,19,21)(H,20,22);1H. The van der Waals surface area contributed by atoms with E-state index >= 15 is 0 Å². The summed E-state index contributed by atoms with van der Waals surface area (Å²) in [5, 5.41) is 5.76. The minimum Gasteiger partial charge on any atom is -0.346 e. The topological polar surface area (TPSA) is 84.2 Å². The van der Waals surface area contributed by atoms with Crippen LogP contribution in [0.15, 0.2) is 18.2 Å². The quantitative estimate of drug-likeness (QED) is 0.743. The lowest BCUT2D eigenvalue weighted by Crippen LogP contribution is -2.48. The lowest BCUT2D eigenvalue weighted by Gasteiger charge is -2.24. The van der Waals surface area contributed by atoms with Crippen LogP contribution in [0.4, 0.5) is 5.69 Å². The van der Waals surface area contributed by atoms with Crippen molar-refractivity contribution in [2.45, 2.75) is 46.6 Å². The number of hydrogen-bond acceptors (Lipinski definition) is 3. The number of anilines is 1. The number of halogens is 1. The number of carbonyl (C=O) groups is 2. The molecule has 0 saturated carbocycles. The van der Waals surface area contributed by atoms with Crippen molar-refractivity contribution in [2.24, 2.45) is 11.7 Å². The number of rotatable bonds is 6. The van der Waals surface area contributed by atoms with Gasteiger partial charge in [0.15, 0.2) is 0 Å². The fourth-order valence-corrected chi connectivity index (χ4v) is 1.95. The number of aryl methyl sites for hydroxylation is 1. The van der Waals surface area contributed by atoms with Crippen LogP contribution in [0.25, 0.3) is 0 Å². The van der Waals surface area contributed by atoms with E-state index in [1.807, 2.05) is 34.6 Å². The molecule has 130 valence electrons. The second-order valence-electron chi connectivity index (χ2n) is 6.72. The molecule has 4 N–H and O–H groups in total. The van der Waals surface area contributed by atoms with Gasteiger partial charge in [0, 0.05) is 29.8 Å². The van der Waals surface area contributed by atoms with E-state index in [1.54, 1.807) is 18.2 Å². The van der Waals surface area contributed by atoms with Gasteiger partial charge in [-0.2, -0.15) is 0 Å². The number of carbonyl (C=O) groups excluding carboxylic acids is 2. The van der Waals surface area contributed by atoms with Crippen molar-refractivity contribution in [3.8, 4) is 0 Å². The highest BCUT2D eigenvalue weighted by atomic mass is 35.5. The highest BCUT2D eigenvalue weighted by Gasteiger charge is 2.19. The van der Waals surface area contributed by atoms with Crippen LogP contribution in [0.1, 0.15) is 50.0 Å². The molecule has 1 rings (SSSR count). The molecule has 6 heteroatoms. The first-order valence-corrected chi connectivity index (χ1v) is 7.57. The molecule has 0 spiro atoms. The maximum absolute atomic E-state index is 12.2. The summed E-state index contributed by atoms with van der Waals surface area (Å²) in [5.41, 5.74) is 7.32. The summed E-state index contributed by atoms with van der Waals surface area (Å²) in [4.78, 5) is 24.0. The van der Waals surface area contributed by atoms with Gasteiger partial charge >= 0.3 is 0 Å². The molecular weight excluding hydrogens is 314 g/mol. The Morgan fingerprint density at radius 1 is 1.26 bits per heavy atom. The molecule has 0 aromatic heterocycles. The molecule has 1 aromatic rings. The molecule has 0 bridgehead atoms. The van der Waals surface area contributed by atoms with Gasteiger partial charge in [0.2, 0.25) is 5.91 Å². The summed E-state index contributed by atoms with van der Waals surface area (Å²) < 4.78 is 0. The Hall–Kier alpha value is -1.59. The van der Waals surface area contributed by atoms with Gasteiger partial charge in [0.1, 0.15) is 0 Å². The van der Waals surface area contributed by atoms with Crippen molar-refractivity contribution in [2.75, 3.05) is 11.9 Å². The van der Waals surface area contributed by atoms with Gasteiger partial charge in [-0.05, 0) is 50.5 Å². The van der Waals surface area contributed by atoms with Crippen LogP contribution in [-0.4, -0.2) is 23.9 Å². The maximum atomic E-state index is 12.2. The Bertz CT molecular complexity index is 557. The van der Waals surface area contributed by atoms with Gasteiger partial charge in [-0.1, -0.05) is 13.8 Å². The van der Waals surface area contributed by atoms with Crippen LogP contribution in [0, 0.1) is 12.8 Å². The summed E-state index contributed by atoms with van der Waals surface area (Å²) in [7, 11) is 0. The minimum absolute atomic E-state index is 0. The van der Waals surface area contributed by atoms with Crippen molar-refractivity contribution in [1.29, 1.82) is 0 Å². The molecule has 0 aliphatic heterocycles. The molecule has 0 heterocycles. The second kappa shape index (κ2) is 8.89. The molecule has 2 amide bonds. The van der Waals surface area contributed by atoms with Crippen LogP contribution in [-0.2, 0) is 4.79 Å². The van der Waals surface area contributed by atoms with Crippen molar-refractivity contribution >= 4 is 29.9 Å². The average Bonchev–Trinajstić information content (AvgIpc) is 2.39. The summed E-state index contributed by atoms with van der Waals surface area (Å²) in [5.74, 6) is 0.127. The Balaban J connectivity index is 0.00000484. The molecule has 23 heavy (non-hydrogen) atoms. The maximum Gasteiger partial charge on any atom is 0.251 e. The van der Waals surface area contributed by atoms with Crippen LogP contribution < -0.4 is 16.4 Å². The smallest absolute Gasteiger partial charge is 0.251 e. The van der Waals surface area contributed by atoms with Gasteiger partial charge in [-0.25, -0.2) is 0 Å². The van der Waals surface area contributed by atoms with Crippen LogP contribution >= 0.6 is 12.4 Å². The molecule has 0 unspecified atom stereocenters. The zero-order valence-electron chi connectivity index (χ0n) is 14.5. The lowest BCUT2D eigenvalue weighted by molar-refractivity contribution is -0.116. The molecule has 1 aromatic carbocycles. The number of benzene rings is 1.